The van der Waals surface area contributed by atoms with Gasteiger partial charge < -0.3 is 25.5 Å². The van der Waals surface area contributed by atoms with Crippen LogP contribution in [0.4, 0.5) is 4.79 Å². The number of aliphatic imine (C=N–C) groups is 1. The van der Waals surface area contributed by atoms with Gasteiger partial charge in [0, 0.05) is 30.2 Å². The van der Waals surface area contributed by atoms with Gasteiger partial charge in [0.1, 0.15) is 17.5 Å². The SMILES string of the molecule is Cc1c(S(=O)(=O)NC(N)=NCCC[C@H](NC(=O)OCc2ccccc2)C(=O)O)c2ccccc2n1C. The molecule has 1 amide bonds. The van der Waals surface area contributed by atoms with Gasteiger partial charge in [-0.1, -0.05) is 48.5 Å². The molecule has 12 heteroatoms. The van der Waals surface area contributed by atoms with Gasteiger partial charge in [-0.3, -0.25) is 4.99 Å². The Balaban J connectivity index is 1.54. The minimum absolute atomic E-state index is 0.0101. The molecule has 11 nitrogen and oxygen atoms in total. The molecule has 192 valence electrons. The molecular formula is C24H29N5O6S. The second-order valence-corrected chi connectivity index (χ2v) is 9.72. The van der Waals surface area contributed by atoms with Crippen LogP contribution in [-0.4, -0.2) is 48.7 Å². The number of carboxylic acids is 1. The number of sulfonamides is 1. The number of aryl methyl sites for hydroxylation is 1. The Morgan fingerprint density at radius 3 is 2.50 bits per heavy atom. The fourth-order valence-electron chi connectivity index (χ4n) is 3.71. The number of nitrogens with two attached hydrogens (primary N) is 1. The molecule has 2 aromatic carbocycles. The molecule has 0 aliphatic rings. The normalized spacial score (nSPS) is 12.8. The number of guanidine groups is 1. The van der Waals surface area contributed by atoms with Crippen molar-refractivity contribution in [3.8, 4) is 0 Å². The van der Waals surface area contributed by atoms with E-state index in [0.29, 0.717) is 11.1 Å². The zero-order chi connectivity index (χ0) is 26.3. The van der Waals surface area contributed by atoms with Crippen molar-refractivity contribution < 1.29 is 27.9 Å². The van der Waals surface area contributed by atoms with Gasteiger partial charge in [-0.25, -0.2) is 22.7 Å². The van der Waals surface area contributed by atoms with Crippen LogP contribution in [0.25, 0.3) is 10.9 Å². The van der Waals surface area contributed by atoms with E-state index in [1.807, 2.05) is 18.2 Å². The Labute approximate surface area is 209 Å². The fourth-order valence-corrected chi connectivity index (χ4v) is 5.14. The average molecular weight is 516 g/mol. The molecule has 1 heterocycles. The highest BCUT2D eigenvalue weighted by Gasteiger charge is 2.25. The number of carbonyl (C=O) groups excluding carboxylic acids is 1. The molecule has 36 heavy (non-hydrogen) atoms. The number of hydrogen-bond acceptors (Lipinski definition) is 6. The number of aliphatic carboxylic acids is 1. The molecule has 3 rings (SSSR count). The lowest BCUT2D eigenvalue weighted by molar-refractivity contribution is -0.139. The lowest BCUT2D eigenvalue weighted by atomic mass is 10.1. The summed E-state index contributed by atoms with van der Waals surface area (Å²) in [5, 5.41) is 12.3. The number of ether oxygens (including phenoxy) is 1. The Kier molecular flexibility index (Phi) is 8.54. The van der Waals surface area contributed by atoms with Gasteiger partial charge in [0.15, 0.2) is 0 Å². The van der Waals surface area contributed by atoms with E-state index in [1.54, 1.807) is 54.9 Å². The summed E-state index contributed by atoms with van der Waals surface area (Å²) in [5.41, 5.74) is 7.88. The lowest BCUT2D eigenvalue weighted by Gasteiger charge is -2.14. The molecule has 1 aromatic heterocycles. The highest BCUT2D eigenvalue weighted by atomic mass is 32.2. The van der Waals surface area contributed by atoms with Gasteiger partial charge in [-0.05, 0) is 31.4 Å². The summed E-state index contributed by atoms with van der Waals surface area (Å²) in [6.07, 6.45) is -0.583. The molecule has 3 aromatic rings. The van der Waals surface area contributed by atoms with Crippen molar-refractivity contribution in [2.24, 2.45) is 17.8 Å². The zero-order valence-electron chi connectivity index (χ0n) is 20.0. The van der Waals surface area contributed by atoms with Crippen LogP contribution in [-0.2, 0) is 33.2 Å². The summed E-state index contributed by atoms with van der Waals surface area (Å²) in [4.78, 5) is 27.6. The standard InChI is InChI=1S/C24H29N5O6S/c1-16-21(18-11-6-7-13-20(18)29(16)2)36(33,34)28-23(25)26-14-8-12-19(22(30)31)27-24(32)35-15-17-9-4-3-5-10-17/h3-7,9-11,13,19H,8,12,14-15H2,1-2H3,(H,27,32)(H,30,31)(H3,25,26,28)/t19-/m0/s1. The van der Waals surface area contributed by atoms with E-state index in [0.717, 1.165) is 11.1 Å². The Bertz CT molecular complexity index is 1370. The van der Waals surface area contributed by atoms with Crippen molar-refractivity contribution in [2.45, 2.75) is 37.3 Å². The highest BCUT2D eigenvalue weighted by molar-refractivity contribution is 7.90. The molecule has 1 atom stereocenters. The van der Waals surface area contributed by atoms with Crippen LogP contribution in [0.15, 0.2) is 64.5 Å². The van der Waals surface area contributed by atoms with Crippen molar-refractivity contribution in [1.82, 2.24) is 14.6 Å². The van der Waals surface area contributed by atoms with Crippen molar-refractivity contribution in [1.29, 1.82) is 0 Å². The third-order valence-electron chi connectivity index (χ3n) is 5.59. The molecular weight excluding hydrogens is 486 g/mol. The molecule has 0 saturated heterocycles. The number of nitrogens with zero attached hydrogens (tertiary/aromatic N) is 2. The zero-order valence-corrected chi connectivity index (χ0v) is 20.8. The first-order valence-electron chi connectivity index (χ1n) is 11.2. The average Bonchev–Trinajstić information content (AvgIpc) is 3.10. The summed E-state index contributed by atoms with van der Waals surface area (Å²) in [6.45, 7) is 1.76. The highest BCUT2D eigenvalue weighted by Crippen LogP contribution is 2.28. The quantitative estimate of drug-likeness (QED) is 0.183. The van der Waals surface area contributed by atoms with Gasteiger partial charge in [0.05, 0.1) is 0 Å². The first-order chi connectivity index (χ1) is 17.1. The molecule has 0 unspecified atom stereocenters. The van der Waals surface area contributed by atoms with Gasteiger partial charge in [-0.2, -0.15) is 0 Å². The first-order valence-corrected chi connectivity index (χ1v) is 12.6. The predicted octanol–water partition coefficient (Wildman–Crippen LogP) is 2.24. The number of amides is 1. The van der Waals surface area contributed by atoms with E-state index in [9.17, 15) is 23.1 Å². The van der Waals surface area contributed by atoms with Crippen LogP contribution < -0.4 is 15.8 Å². The van der Waals surface area contributed by atoms with Crippen molar-refractivity contribution in [3.05, 3.63) is 65.9 Å². The second-order valence-electron chi connectivity index (χ2n) is 8.10. The monoisotopic (exact) mass is 515 g/mol. The number of fused-ring (bicyclic) bond motifs is 1. The minimum atomic E-state index is -4.00. The first kappa shape index (κ1) is 26.5. The van der Waals surface area contributed by atoms with Crippen LogP contribution in [0.5, 0.6) is 0 Å². The van der Waals surface area contributed by atoms with E-state index in [1.165, 1.54) is 0 Å². The minimum Gasteiger partial charge on any atom is -0.480 e. The van der Waals surface area contributed by atoms with E-state index in [-0.39, 0.29) is 36.8 Å². The summed E-state index contributed by atoms with van der Waals surface area (Å²) >= 11 is 0. The fraction of sp³-hybridized carbons (Fsp3) is 0.292. The molecule has 0 aliphatic heterocycles. The summed E-state index contributed by atoms with van der Waals surface area (Å²) in [5.74, 6) is -1.54. The van der Waals surface area contributed by atoms with Crippen LogP contribution in [0.2, 0.25) is 0 Å². The molecule has 5 N–H and O–H groups in total. The second kappa shape index (κ2) is 11.6. The molecule has 0 fully saturated rings. The summed E-state index contributed by atoms with van der Waals surface area (Å²) in [6, 6.07) is 14.9. The van der Waals surface area contributed by atoms with Crippen LogP contribution in [0.3, 0.4) is 0 Å². The molecule has 0 bridgehead atoms. The number of para-hydroxylation sites is 1. The maximum atomic E-state index is 13.0. The van der Waals surface area contributed by atoms with E-state index < -0.39 is 28.1 Å². The molecule has 0 spiro atoms. The number of aromatic nitrogens is 1. The number of hydrogen-bond donors (Lipinski definition) is 4. The number of rotatable bonds is 10. The summed E-state index contributed by atoms with van der Waals surface area (Å²) < 4.78 is 35.1. The maximum Gasteiger partial charge on any atom is 0.408 e. The van der Waals surface area contributed by atoms with E-state index >= 15 is 0 Å². The molecule has 0 saturated carbocycles. The van der Waals surface area contributed by atoms with Crippen LogP contribution in [0.1, 0.15) is 24.1 Å². The topological polar surface area (TPSA) is 165 Å². The van der Waals surface area contributed by atoms with Gasteiger partial charge >= 0.3 is 12.1 Å². The smallest absolute Gasteiger partial charge is 0.408 e. The maximum absolute atomic E-state index is 13.0. The largest absolute Gasteiger partial charge is 0.480 e. The van der Waals surface area contributed by atoms with Crippen molar-refractivity contribution in [3.63, 3.8) is 0 Å². The van der Waals surface area contributed by atoms with Crippen LogP contribution >= 0.6 is 0 Å². The predicted molar refractivity (Wildman–Crippen MR) is 135 cm³/mol. The Morgan fingerprint density at radius 2 is 1.81 bits per heavy atom. The third-order valence-corrected chi connectivity index (χ3v) is 7.12. The van der Waals surface area contributed by atoms with Crippen LogP contribution in [0, 0.1) is 6.92 Å². The number of alkyl carbamates (subject to hydrolysis) is 1. The van der Waals surface area contributed by atoms with Crippen molar-refractivity contribution in [2.75, 3.05) is 6.54 Å². The number of nitrogens with one attached hydrogen (secondary N) is 2. The van der Waals surface area contributed by atoms with E-state index in [4.69, 9.17) is 10.5 Å². The van der Waals surface area contributed by atoms with E-state index in [2.05, 4.69) is 15.0 Å². The third kappa shape index (κ3) is 6.54. The lowest BCUT2D eigenvalue weighted by Crippen LogP contribution is -2.41. The number of carbonyl (C=O) groups is 2. The van der Waals surface area contributed by atoms with Crippen molar-refractivity contribution >= 4 is 38.9 Å². The Morgan fingerprint density at radius 1 is 1.14 bits per heavy atom. The van der Waals surface area contributed by atoms with Gasteiger partial charge in [0.25, 0.3) is 10.0 Å². The number of carboxylic acid groups (broad SMARTS) is 1. The van der Waals surface area contributed by atoms with Gasteiger partial charge in [-0.15, -0.1) is 0 Å². The number of benzene rings is 2. The summed E-state index contributed by atoms with van der Waals surface area (Å²) in [7, 11) is -2.23. The molecule has 0 aliphatic carbocycles. The molecule has 0 radical (unpaired) electrons. The van der Waals surface area contributed by atoms with Gasteiger partial charge in [0.2, 0.25) is 5.96 Å². The Hall–Kier alpha value is -4.06.